The van der Waals surface area contributed by atoms with Gasteiger partial charge in [-0.15, -0.1) is 0 Å². The lowest BCUT2D eigenvalue weighted by molar-refractivity contribution is 0.0600. The molecule has 0 atom stereocenters. The van der Waals surface area contributed by atoms with Gasteiger partial charge in [-0.2, -0.15) is 0 Å². The number of hydrogen-bond acceptors (Lipinski definition) is 4. The Morgan fingerprint density at radius 2 is 2.16 bits per heavy atom. The van der Waals surface area contributed by atoms with Gasteiger partial charge in [-0.3, -0.25) is 0 Å². The van der Waals surface area contributed by atoms with E-state index in [4.69, 9.17) is 4.42 Å². The molecule has 0 radical (unpaired) electrons. The number of carbonyl (C=O) groups excluding carboxylic acids is 1. The van der Waals surface area contributed by atoms with Gasteiger partial charge in [0.2, 0.25) is 0 Å². The summed E-state index contributed by atoms with van der Waals surface area (Å²) in [6.45, 7) is 0.483. The van der Waals surface area contributed by atoms with Crippen LogP contribution in [-0.4, -0.2) is 13.1 Å². The molecule has 1 aromatic heterocycles. The molecule has 0 saturated carbocycles. The molecule has 2 aromatic rings. The lowest BCUT2D eigenvalue weighted by Gasteiger charge is -2.07. The van der Waals surface area contributed by atoms with Crippen molar-refractivity contribution >= 4 is 43.5 Å². The van der Waals surface area contributed by atoms with Gasteiger partial charge in [-0.1, -0.05) is 15.9 Å². The maximum atomic E-state index is 11.3. The molecule has 4 nitrogen and oxygen atoms in total. The molecule has 0 aliphatic rings. The molecule has 100 valence electrons. The zero-order valence-corrected chi connectivity index (χ0v) is 13.2. The first-order valence-corrected chi connectivity index (χ1v) is 7.03. The lowest BCUT2D eigenvalue weighted by Crippen LogP contribution is -2.00. The maximum absolute atomic E-state index is 11.3. The predicted octanol–water partition coefficient (Wildman–Crippen LogP) is 4.20. The van der Waals surface area contributed by atoms with Crippen LogP contribution in [0.2, 0.25) is 0 Å². The van der Waals surface area contributed by atoms with Gasteiger partial charge in [-0.25, -0.2) is 4.79 Å². The van der Waals surface area contributed by atoms with Crippen molar-refractivity contribution < 1.29 is 13.9 Å². The molecular formula is C13H11Br2NO3. The number of anilines is 1. The molecule has 0 bridgehead atoms. The molecule has 1 heterocycles. The van der Waals surface area contributed by atoms with E-state index in [1.165, 1.54) is 13.4 Å². The second-order valence-electron chi connectivity index (χ2n) is 3.77. The van der Waals surface area contributed by atoms with Crippen molar-refractivity contribution in [2.75, 3.05) is 12.4 Å². The van der Waals surface area contributed by atoms with Gasteiger partial charge in [-0.05, 0) is 40.2 Å². The van der Waals surface area contributed by atoms with Crippen LogP contribution in [0.4, 0.5) is 5.69 Å². The SMILES string of the molecule is COC(=O)c1coc(CNc2ccc(Br)cc2Br)c1. The minimum atomic E-state index is -0.403. The third kappa shape index (κ3) is 3.61. The Morgan fingerprint density at radius 1 is 1.37 bits per heavy atom. The molecule has 0 spiro atoms. The van der Waals surface area contributed by atoms with Gasteiger partial charge in [0.1, 0.15) is 12.0 Å². The summed E-state index contributed by atoms with van der Waals surface area (Å²) < 4.78 is 11.8. The lowest BCUT2D eigenvalue weighted by atomic mass is 10.3. The third-order valence-electron chi connectivity index (χ3n) is 2.46. The van der Waals surface area contributed by atoms with Crippen LogP contribution in [0.5, 0.6) is 0 Å². The van der Waals surface area contributed by atoms with E-state index in [2.05, 4.69) is 41.9 Å². The van der Waals surface area contributed by atoms with Gasteiger partial charge < -0.3 is 14.5 Å². The van der Waals surface area contributed by atoms with Crippen molar-refractivity contribution in [3.63, 3.8) is 0 Å². The van der Waals surface area contributed by atoms with Gasteiger partial charge in [0.15, 0.2) is 0 Å². The van der Waals surface area contributed by atoms with E-state index in [-0.39, 0.29) is 0 Å². The normalized spacial score (nSPS) is 10.3. The van der Waals surface area contributed by atoms with Crippen LogP contribution < -0.4 is 5.32 Å². The molecular weight excluding hydrogens is 378 g/mol. The molecule has 0 fully saturated rings. The Morgan fingerprint density at radius 3 is 2.84 bits per heavy atom. The topological polar surface area (TPSA) is 51.5 Å². The fourth-order valence-corrected chi connectivity index (χ4v) is 2.70. The smallest absolute Gasteiger partial charge is 0.341 e. The van der Waals surface area contributed by atoms with E-state index < -0.39 is 5.97 Å². The van der Waals surface area contributed by atoms with Crippen molar-refractivity contribution in [1.82, 2.24) is 0 Å². The summed E-state index contributed by atoms with van der Waals surface area (Å²) in [6.07, 6.45) is 1.39. The second kappa shape index (κ2) is 6.25. The summed E-state index contributed by atoms with van der Waals surface area (Å²) in [7, 11) is 1.34. The van der Waals surface area contributed by atoms with Crippen LogP contribution in [0.25, 0.3) is 0 Å². The van der Waals surface area contributed by atoms with E-state index in [1.54, 1.807) is 6.07 Å². The summed E-state index contributed by atoms with van der Waals surface area (Å²) in [5.74, 6) is 0.259. The number of ether oxygens (including phenoxy) is 1. The number of halogens is 2. The second-order valence-corrected chi connectivity index (χ2v) is 5.54. The molecule has 19 heavy (non-hydrogen) atoms. The number of esters is 1. The molecule has 6 heteroatoms. The number of hydrogen-bond donors (Lipinski definition) is 1. The molecule has 1 N–H and O–H groups in total. The zero-order valence-electron chi connectivity index (χ0n) is 10.1. The monoisotopic (exact) mass is 387 g/mol. The summed E-state index contributed by atoms with van der Waals surface area (Å²) in [5, 5.41) is 3.21. The zero-order chi connectivity index (χ0) is 13.8. The van der Waals surface area contributed by atoms with E-state index in [0.717, 1.165) is 14.6 Å². The first kappa shape index (κ1) is 14.1. The first-order valence-electron chi connectivity index (χ1n) is 5.45. The summed E-state index contributed by atoms with van der Waals surface area (Å²) in [4.78, 5) is 11.3. The van der Waals surface area contributed by atoms with Crippen LogP contribution in [0.3, 0.4) is 0 Å². The number of nitrogens with one attached hydrogen (secondary N) is 1. The highest BCUT2D eigenvalue weighted by Crippen LogP contribution is 2.26. The van der Waals surface area contributed by atoms with Gasteiger partial charge in [0, 0.05) is 14.6 Å². The Hall–Kier alpha value is -1.27. The molecule has 0 unspecified atom stereocenters. The van der Waals surface area contributed by atoms with Crippen molar-refractivity contribution in [2.45, 2.75) is 6.54 Å². The minimum Gasteiger partial charge on any atom is -0.467 e. The highest BCUT2D eigenvalue weighted by molar-refractivity contribution is 9.11. The van der Waals surface area contributed by atoms with Gasteiger partial charge in [0.25, 0.3) is 0 Å². The van der Waals surface area contributed by atoms with E-state index in [1.807, 2.05) is 18.2 Å². The number of benzene rings is 1. The molecule has 0 saturated heterocycles. The van der Waals surface area contributed by atoms with E-state index in [9.17, 15) is 4.79 Å². The van der Waals surface area contributed by atoms with Gasteiger partial charge in [0.05, 0.1) is 19.2 Å². The number of furan rings is 1. The van der Waals surface area contributed by atoms with E-state index in [0.29, 0.717) is 17.9 Å². The highest BCUT2D eigenvalue weighted by Gasteiger charge is 2.10. The van der Waals surface area contributed by atoms with Crippen molar-refractivity contribution in [3.05, 3.63) is 50.8 Å². The summed E-state index contributed by atoms with van der Waals surface area (Å²) in [6, 6.07) is 7.49. The summed E-state index contributed by atoms with van der Waals surface area (Å²) >= 11 is 6.85. The average molecular weight is 389 g/mol. The summed E-state index contributed by atoms with van der Waals surface area (Å²) in [5.41, 5.74) is 1.35. The van der Waals surface area contributed by atoms with E-state index >= 15 is 0 Å². The number of methoxy groups -OCH3 is 1. The third-order valence-corrected chi connectivity index (χ3v) is 3.61. The van der Waals surface area contributed by atoms with Crippen LogP contribution in [0.1, 0.15) is 16.1 Å². The maximum Gasteiger partial charge on any atom is 0.341 e. The van der Waals surface area contributed by atoms with Crippen molar-refractivity contribution in [2.24, 2.45) is 0 Å². The molecule has 1 aromatic carbocycles. The largest absolute Gasteiger partial charge is 0.467 e. The van der Waals surface area contributed by atoms with Crippen LogP contribution >= 0.6 is 31.9 Å². The molecule has 0 aliphatic carbocycles. The number of rotatable bonds is 4. The molecule has 2 rings (SSSR count). The Labute approximate surface area is 127 Å². The number of carbonyl (C=O) groups is 1. The Kier molecular flexibility index (Phi) is 4.66. The van der Waals surface area contributed by atoms with Crippen LogP contribution in [0.15, 0.2) is 43.9 Å². The average Bonchev–Trinajstić information content (AvgIpc) is 2.85. The predicted molar refractivity (Wildman–Crippen MR) is 79.2 cm³/mol. The van der Waals surface area contributed by atoms with Crippen molar-refractivity contribution in [1.29, 1.82) is 0 Å². The fraction of sp³-hybridized carbons (Fsp3) is 0.154. The minimum absolute atomic E-state index is 0.403. The first-order chi connectivity index (χ1) is 9.10. The van der Waals surface area contributed by atoms with Crippen LogP contribution in [0, 0.1) is 0 Å². The standard InChI is InChI=1S/C13H11Br2NO3/c1-18-13(17)8-4-10(19-7-8)6-16-12-3-2-9(14)5-11(12)15/h2-5,7,16H,6H2,1H3. The van der Waals surface area contributed by atoms with Gasteiger partial charge >= 0.3 is 5.97 Å². The highest BCUT2D eigenvalue weighted by atomic mass is 79.9. The quantitative estimate of drug-likeness (QED) is 0.797. The Balaban J connectivity index is 2.02. The van der Waals surface area contributed by atoms with Crippen LogP contribution in [-0.2, 0) is 11.3 Å². The molecule has 0 amide bonds. The molecule has 0 aliphatic heterocycles. The van der Waals surface area contributed by atoms with Crippen molar-refractivity contribution in [3.8, 4) is 0 Å². The fourth-order valence-electron chi connectivity index (χ4n) is 1.51. The Bertz CT molecular complexity index is 595.